The zero-order valence-corrected chi connectivity index (χ0v) is 15.9. The average Bonchev–Trinajstić information content (AvgIpc) is 3.03. The van der Waals surface area contributed by atoms with Gasteiger partial charge in [-0.2, -0.15) is 5.10 Å². The Labute approximate surface area is 164 Å². The van der Waals surface area contributed by atoms with Gasteiger partial charge in [-0.1, -0.05) is 11.6 Å². The second-order valence-corrected chi connectivity index (χ2v) is 7.14. The number of halogens is 1. The van der Waals surface area contributed by atoms with Gasteiger partial charge in [-0.05, 0) is 42.0 Å². The highest BCUT2D eigenvalue weighted by atomic mass is 35.5. The molecule has 0 atom stereocenters. The zero-order valence-electron chi connectivity index (χ0n) is 14.3. The number of rotatable bonds is 4. The van der Waals surface area contributed by atoms with Crippen LogP contribution in [-0.4, -0.2) is 32.4 Å². The van der Waals surface area contributed by atoms with Crippen LogP contribution in [0.3, 0.4) is 0 Å². The quantitative estimate of drug-likeness (QED) is 0.527. The van der Waals surface area contributed by atoms with Gasteiger partial charge >= 0.3 is 0 Å². The van der Waals surface area contributed by atoms with Gasteiger partial charge in [-0.15, -0.1) is 11.3 Å². The molecule has 0 bridgehead atoms. The molecule has 1 aromatic heterocycles. The Morgan fingerprint density at radius 3 is 2.85 bits per heavy atom. The molecule has 0 aliphatic carbocycles. The topological polar surface area (TPSA) is 69.2 Å². The van der Waals surface area contributed by atoms with Crippen molar-refractivity contribution in [1.82, 2.24) is 5.43 Å². The summed E-state index contributed by atoms with van der Waals surface area (Å²) in [5.74, 6) is 1.71. The number of carbonyl (C=O) groups excluding carboxylic acids is 1. The molecule has 1 aliphatic heterocycles. The van der Waals surface area contributed by atoms with E-state index in [1.165, 1.54) is 11.3 Å². The highest BCUT2D eigenvalue weighted by Crippen LogP contribution is 2.37. The lowest BCUT2D eigenvalue weighted by Crippen LogP contribution is -2.17. The van der Waals surface area contributed by atoms with Gasteiger partial charge in [0, 0.05) is 10.1 Å². The number of methoxy groups -OCH3 is 1. The van der Waals surface area contributed by atoms with Gasteiger partial charge in [0.25, 0.3) is 5.91 Å². The molecule has 0 saturated carbocycles. The molecule has 0 fully saturated rings. The number of benzene rings is 2. The number of thiophene rings is 1. The van der Waals surface area contributed by atoms with Gasteiger partial charge < -0.3 is 14.2 Å². The number of hydrazone groups is 1. The number of carbonyl (C=O) groups is 1. The van der Waals surface area contributed by atoms with E-state index in [2.05, 4.69) is 10.5 Å². The van der Waals surface area contributed by atoms with Gasteiger partial charge in [-0.3, -0.25) is 4.79 Å². The van der Waals surface area contributed by atoms with Crippen molar-refractivity contribution in [2.75, 3.05) is 20.3 Å². The van der Waals surface area contributed by atoms with Crippen LogP contribution >= 0.6 is 22.9 Å². The Bertz CT molecular complexity index is 1050. The molecular formula is C19H15ClN2O4S. The molecule has 0 unspecified atom stereocenters. The van der Waals surface area contributed by atoms with Crippen molar-refractivity contribution in [2.45, 2.75) is 0 Å². The predicted octanol–water partition coefficient (Wildman–Crippen LogP) is 4.10. The highest BCUT2D eigenvalue weighted by Gasteiger charge is 2.17. The minimum absolute atomic E-state index is 0.367. The molecule has 0 spiro atoms. The summed E-state index contributed by atoms with van der Waals surface area (Å²) in [4.78, 5) is 12.8. The maximum Gasteiger partial charge on any atom is 0.283 e. The van der Waals surface area contributed by atoms with E-state index in [4.69, 9.17) is 25.8 Å². The van der Waals surface area contributed by atoms with Crippen molar-refractivity contribution >= 4 is 45.1 Å². The predicted molar refractivity (Wildman–Crippen MR) is 106 cm³/mol. The third-order valence-electron chi connectivity index (χ3n) is 3.99. The van der Waals surface area contributed by atoms with Gasteiger partial charge in [0.1, 0.15) is 23.8 Å². The minimum Gasteiger partial charge on any atom is -0.497 e. The molecule has 2 aromatic carbocycles. The smallest absolute Gasteiger partial charge is 0.283 e. The molecule has 8 heteroatoms. The van der Waals surface area contributed by atoms with Gasteiger partial charge in [0.2, 0.25) is 0 Å². The summed E-state index contributed by atoms with van der Waals surface area (Å²) >= 11 is 7.64. The summed E-state index contributed by atoms with van der Waals surface area (Å²) in [6.07, 6.45) is 1.54. The Balaban J connectivity index is 1.50. The Hall–Kier alpha value is -2.77. The summed E-state index contributed by atoms with van der Waals surface area (Å²) < 4.78 is 17.1. The SMILES string of the molecule is COc1ccc2c(Cl)c(C(=O)NN=Cc3ccc4c(c3)OCCO4)sc2c1. The summed E-state index contributed by atoms with van der Waals surface area (Å²) in [6, 6.07) is 10.9. The molecule has 0 saturated heterocycles. The van der Waals surface area contributed by atoms with Crippen molar-refractivity contribution in [1.29, 1.82) is 0 Å². The molecular weight excluding hydrogens is 388 g/mol. The number of nitrogens with one attached hydrogen (secondary N) is 1. The molecule has 1 amide bonds. The van der Waals surface area contributed by atoms with Crippen molar-refractivity contribution in [2.24, 2.45) is 5.10 Å². The van der Waals surface area contributed by atoms with Crippen molar-refractivity contribution in [3.8, 4) is 17.2 Å². The van der Waals surface area contributed by atoms with Crippen LogP contribution in [0.4, 0.5) is 0 Å². The Morgan fingerprint density at radius 1 is 1.22 bits per heavy atom. The fourth-order valence-corrected chi connectivity index (χ4v) is 4.11. The third-order valence-corrected chi connectivity index (χ3v) is 5.64. The minimum atomic E-state index is -0.367. The molecule has 2 heterocycles. The van der Waals surface area contributed by atoms with E-state index >= 15 is 0 Å². The summed E-state index contributed by atoms with van der Waals surface area (Å²) in [5, 5.41) is 5.23. The first kappa shape index (κ1) is 17.6. The Kier molecular flexibility index (Phi) is 4.87. The molecule has 1 aliphatic rings. The second-order valence-electron chi connectivity index (χ2n) is 5.71. The maximum atomic E-state index is 12.4. The lowest BCUT2D eigenvalue weighted by molar-refractivity contribution is 0.0959. The van der Waals surface area contributed by atoms with Crippen LogP contribution in [0.5, 0.6) is 17.2 Å². The van der Waals surface area contributed by atoms with Crippen molar-refractivity contribution in [3.63, 3.8) is 0 Å². The lowest BCUT2D eigenvalue weighted by Gasteiger charge is -2.18. The molecule has 6 nitrogen and oxygen atoms in total. The van der Waals surface area contributed by atoms with Crippen LogP contribution in [-0.2, 0) is 0 Å². The first-order valence-electron chi connectivity index (χ1n) is 8.15. The first-order valence-corrected chi connectivity index (χ1v) is 9.34. The second kappa shape index (κ2) is 7.46. The summed E-state index contributed by atoms with van der Waals surface area (Å²) in [7, 11) is 1.59. The van der Waals surface area contributed by atoms with Crippen LogP contribution in [0, 0.1) is 0 Å². The van der Waals surface area contributed by atoms with E-state index < -0.39 is 0 Å². The average molecular weight is 403 g/mol. The maximum absolute atomic E-state index is 12.4. The normalized spacial score (nSPS) is 13.1. The number of nitrogens with zero attached hydrogens (tertiary/aromatic N) is 1. The third kappa shape index (κ3) is 3.56. The standard InChI is InChI=1S/C19H15ClN2O4S/c1-24-12-3-4-13-16(9-12)27-18(17(13)20)19(23)22-21-10-11-2-5-14-15(8-11)26-7-6-25-14/h2-5,8-10H,6-7H2,1H3,(H,22,23). The number of fused-ring (bicyclic) bond motifs is 2. The summed E-state index contributed by atoms with van der Waals surface area (Å²) in [5.41, 5.74) is 3.30. The van der Waals surface area contributed by atoms with E-state index in [0.29, 0.717) is 40.4 Å². The van der Waals surface area contributed by atoms with Crippen LogP contribution in [0.25, 0.3) is 10.1 Å². The molecule has 1 N–H and O–H groups in total. The van der Waals surface area contributed by atoms with Crippen LogP contribution in [0.2, 0.25) is 5.02 Å². The van der Waals surface area contributed by atoms with Gasteiger partial charge in [0.05, 0.1) is 18.3 Å². The molecule has 27 heavy (non-hydrogen) atoms. The molecule has 4 rings (SSSR count). The van der Waals surface area contributed by atoms with Crippen molar-refractivity contribution < 1.29 is 19.0 Å². The molecule has 138 valence electrons. The van der Waals surface area contributed by atoms with Crippen molar-refractivity contribution in [3.05, 3.63) is 51.9 Å². The highest BCUT2D eigenvalue weighted by molar-refractivity contribution is 7.21. The van der Waals surface area contributed by atoms with Gasteiger partial charge in [0.15, 0.2) is 11.5 Å². The van der Waals surface area contributed by atoms with E-state index in [1.807, 2.05) is 36.4 Å². The Morgan fingerprint density at radius 2 is 2.04 bits per heavy atom. The fourth-order valence-electron chi connectivity index (χ4n) is 2.67. The van der Waals surface area contributed by atoms with Gasteiger partial charge in [-0.25, -0.2) is 5.43 Å². The van der Waals surface area contributed by atoms with Crippen LogP contribution < -0.4 is 19.6 Å². The van der Waals surface area contributed by atoms with E-state index in [1.54, 1.807) is 13.3 Å². The molecule has 0 radical (unpaired) electrons. The fraction of sp³-hybridized carbons (Fsp3) is 0.158. The monoisotopic (exact) mass is 402 g/mol. The van der Waals surface area contributed by atoms with E-state index in [0.717, 1.165) is 15.6 Å². The van der Waals surface area contributed by atoms with Crippen LogP contribution in [0.15, 0.2) is 41.5 Å². The first-order chi connectivity index (χ1) is 13.2. The lowest BCUT2D eigenvalue weighted by atomic mass is 10.2. The number of hydrogen-bond donors (Lipinski definition) is 1. The number of hydrogen-bond acceptors (Lipinski definition) is 6. The molecule has 3 aromatic rings. The van der Waals surface area contributed by atoms with E-state index in [9.17, 15) is 4.79 Å². The number of amides is 1. The zero-order chi connectivity index (χ0) is 18.8. The summed E-state index contributed by atoms with van der Waals surface area (Å²) in [6.45, 7) is 1.05. The largest absolute Gasteiger partial charge is 0.497 e. The van der Waals surface area contributed by atoms with E-state index in [-0.39, 0.29) is 5.91 Å². The number of ether oxygens (including phenoxy) is 3. The van der Waals surface area contributed by atoms with Crippen LogP contribution in [0.1, 0.15) is 15.2 Å².